The second-order valence-electron chi connectivity index (χ2n) is 4.70. The normalized spacial score (nSPS) is 10.9. The van der Waals surface area contributed by atoms with Gasteiger partial charge in [0.1, 0.15) is 0 Å². The number of hydrogen-bond donors (Lipinski definition) is 0. The molecule has 19 heavy (non-hydrogen) atoms. The zero-order valence-electron chi connectivity index (χ0n) is 11.0. The molecule has 0 unspecified atom stereocenters. The number of nitrogens with zero attached hydrogens (tertiary/aromatic N) is 1. The maximum atomic E-state index is 12.2. The van der Waals surface area contributed by atoms with Crippen molar-refractivity contribution in [3.05, 3.63) is 56.2 Å². The van der Waals surface area contributed by atoms with Crippen molar-refractivity contribution in [3.63, 3.8) is 0 Å². The van der Waals surface area contributed by atoms with Crippen LogP contribution in [0.2, 0.25) is 0 Å². The topological polar surface area (TPSA) is 20.3 Å². The lowest BCUT2D eigenvalue weighted by Gasteiger charge is -2.14. The summed E-state index contributed by atoms with van der Waals surface area (Å²) < 4.78 is 1.10. The zero-order chi connectivity index (χ0) is 13.8. The first kappa shape index (κ1) is 14.4. The van der Waals surface area contributed by atoms with Crippen molar-refractivity contribution in [2.45, 2.75) is 13.5 Å². The first-order chi connectivity index (χ1) is 9.04. The molecule has 0 atom stereocenters. The smallest absolute Gasteiger partial charge is 0.176 e. The fourth-order valence-corrected chi connectivity index (χ4v) is 3.44. The van der Waals surface area contributed by atoms with Crippen LogP contribution >= 0.6 is 27.3 Å². The number of carbonyl (C=O) groups excluding carboxylic acids is 1. The molecule has 1 heterocycles. The number of benzene rings is 1. The number of thiophene rings is 1. The Hall–Kier alpha value is -0.970. The highest BCUT2D eigenvalue weighted by Crippen LogP contribution is 2.20. The fourth-order valence-electron chi connectivity index (χ4n) is 1.91. The maximum absolute atomic E-state index is 12.2. The molecule has 0 amide bonds. The van der Waals surface area contributed by atoms with E-state index in [0.717, 1.165) is 22.1 Å². The van der Waals surface area contributed by atoms with Gasteiger partial charge in [-0.1, -0.05) is 23.8 Å². The summed E-state index contributed by atoms with van der Waals surface area (Å²) in [6.45, 7) is 3.25. The highest BCUT2D eigenvalue weighted by molar-refractivity contribution is 9.10. The van der Waals surface area contributed by atoms with Crippen molar-refractivity contribution in [2.75, 3.05) is 13.6 Å². The fraction of sp³-hybridized carbons (Fsp3) is 0.267. The third kappa shape index (κ3) is 4.27. The molecule has 0 aliphatic rings. The predicted octanol–water partition coefficient (Wildman–Crippen LogP) is 4.13. The first-order valence-corrected chi connectivity index (χ1v) is 7.73. The van der Waals surface area contributed by atoms with Crippen LogP contribution in [0, 0.1) is 6.92 Å². The molecule has 4 heteroatoms. The van der Waals surface area contributed by atoms with E-state index in [1.807, 2.05) is 43.1 Å². The Labute approximate surface area is 126 Å². The van der Waals surface area contributed by atoms with E-state index >= 15 is 0 Å². The Bertz CT molecular complexity index is 579. The van der Waals surface area contributed by atoms with Crippen LogP contribution in [0.15, 0.2) is 40.2 Å². The van der Waals surface area contributed by atoms with Crippen LogP contribution in [0.25, 0.3) is 0 Å². The Kier molecular flexibility index (Phi) is 4.91. The van der Waals surface area contributed by atoms with Crippen LogP contribution < -0.4 is 0 Å². The van der Waals surface area contributed by atoms with E-state index in [1.54, 1.807) is 11.3 Å². The quantitative estimate of drug-likeness (QED) is 0.764. The minimum absolute atomic E-state index is 0.168. The van der Waals surface area contributed by atoms with Crippen LogP contribution in [0.3, 0.4) is 0 Å². The summed E-state index contributed by atoms with van der Waals surface area (Å²) in [5, 5.41) is 2.06. The summed E-state index contributed by atoms with van der Waals surface area (Å²) >= 11 is 5.15. The number of aryl methyl sites for hydroxylation is 1. The first-order valence-electron chi connectivity index (χ1n) is 6.06. The van der Waals surface area contributed by atoms with E-state index in [2.05, 4.69) is 27.4 Å². The molecule has 0 spiro atoms. The van der Waals surface area contributed by atoms with Crippen LogP contribution in [0.4, 0.5) is 0 Å². The Morgan fingerprint density at radius 3 is 2.79 bits per heavy atom. The standard InChI is InChI=1S/C15H16BrNOS/c1-11-4-3-5-12(6-11)15(18)9-17(2)8-14-7-13(16)10-19-14/h3-7,10H,8-9H2,1-2H3. The van der Waals surface area contributed by atoms with E-state index in [-0.39, 0.29) is 5.78 Å². The lowest BCUT2D eigenvalue weighted by atomic mass is 10.1. The number of carbonyl (C=O) groups is 1. The molecule has 0 aliphatic heterocycles. The van der Waals surface area contributed by atoms with Crippen molar-refractivity contribution >= 4 is 33.0 Å². The molecule has 0 N–H and O–H groups in total. The number of ketones is 1. The summed E-state index contributed by atoms with van der Waals surface area (Å²) in [5.41, 5.74) is 1.91. The molecule has 0 saturated heterocycles. The largest absolute Gasteiger partial charge is 0.294 e. The van der Waals surface area contributed by atoms with Gasteiger partial charge in [0.15, 0.2) is 5.78 Å². The van der Waals surface area contributed by atoms with Gasteiger partial charge in [0.05, 0.1) is 6.54 Å². The van der Waals surface area contributed by atoms with Gasteiger partial charge in [0.25, 0.3) is 0 Å². The monoisotopic (exact) mass is 337 g/mol. The second kappa shape index (κ2) is 6.46. The molecule has 0 fully saturated rings. The third-order valence-electron chi connectivity index (χ3n) is 2.80. The van der Waals surface area contributed by atoms with Crippen molar-refractivity contribution in [1.29, 1.82) is 0 Å². The summed E-state index contributed by atoms with van der Waals surface area (Å²) in [6.07, 6.45) is 0. The molecule has 1 aromatic heterocycles. The minimum Gasteiger partial charge on any atom is -0.294 e. The molecular weight excluding hydrogens is 322 g/mol. The number of Topliss-reactive ketones (excluding diaryl/α,β-unsaturated/α-hetero) is 1. The Morgan fingerprint density at radius 2 is 2.16 bits per heavy atom. The lowest BCUT2D eigenvalue weighted by molar-refractivity contribution is 0.0943. The summed E-state index contributed by atoms with van der Waals surface area (Å²) in [5.74, 6) is 0.168. The van der Waals surface area contributed by atoms with Crippen molar-refractivity contribution in [2.24, 2.45) is 0 Å². The highest BCUT2D eigenvalue weighted by atomic mass is 79.9. The summed E-state index contributed by atoms with van der Waals surface area (Å²) in [7, 11) is 1.97. The number of likely N-dealkylation sites (N-methyl/N-ethyl adjacent to an activating group) is 1. The molecule has 0 aliphatic carbocycles. The molecule has 0 bridgehead atoms. The predicted molar refractivity (Wildman–Crippen MR) is 83.9 cm³/mol. The van der Waals surface area contributed by atoms with Gasteiger partial charge in [-0.3, -0.25) is 9.69 Å². The molecule has 1 aromatic carbocycles. The van der Waals surface area contributed by atoms with Gasteiger partial charge in [0, 0.05) is 26.8 Å². The molecule has 0 saturated carbocycles. The Balaban J connectivity index is 1.95. The average Bonchev–Trinajstić information content (AvgIpc) is 2.74. The van der Waals surface area contributed by atoms with Gasteiger partial charge in [-0.15, -0.1) is 11.3 Å². The van der Waals surface area contributed by atoms with Crippen LogP contribution in [0.5, 0.6) is 0 Å². The van der Waals surface area contributed by atoms with Crippen LogP contribution in [0.1, 0.15) is 20.8 Å². The minimum atomic E-state index is 0.168. The van der Waals surface area contributed by atoms with E-state index in [0.29, 0.717) is 6.54 Å². The number of rotatable bonds is 5. The van der Waals surface area contributed by atoms with Crippen molar-refractivity contribution in [1.82, 2.24) is 4.90 Å². The van der Waals surface area contributed by atoms with E-state index in [9.17, 15) is 4.79 Å². The van der Waals surface area contributed by atoms with Gasteiger partial charge in [-0.2, -0.15) is 0 Å². The zero-order valence-corrected chi connectivity index (χ0v) is 13.4. The summed E-state index contributed by atoms with van der Waals surface area (Å²) in [6, 6.07) is 9.85. The van der Waals surface area contributed by atoms with Gasteiger partial charge in [-0.05, 0) is 42.0 Å². The van der Waals surface area contributed by atoms with E-state index < -0.39 is 0 Å². The SMILES string of the molecule is Cc1cccc(C(=O)CN(C)Cc2cc(Br)cs2)c1. The van der Waals surface area contributed by atoms with Crippen LogP contribution in [-0.2, 0) is 6.54 Å². The second-order valence-corrected chi connectivity index (χ2v) is 6.61. The number of halogens is 1. The Morgan fingerprint density at radius 1 is 1.37 bits per heavy atom. The average molecular weight is 338 g/mol. The van der Waals surface area contributed by atoms with Gasteiger partial charge in [0.2, 0.25) is 0 Å². The molecule has 2 rings (SSSR count). The molecule has 100 valence electrons. The molecule has 2 nitrogen and oxygen atoms in total. The van der Waals surface area contributed by atoms with Gasteiger partial charge >= 0.3 is 0 Å². The van der Waals surface area contributed by atoms with Gasteiger partial charge < -0.3 is 0 Å². The van der Waals surface area contributed by atoms with E-state index in [4.69, 9.17) is 0 Å². The molecular formula is C15H16BrNOS. The molecule has 2 aromatic rings. The molecule has 0 radical (unpaired) electrons. The van der Waals surface area contributed by atoms with Gasteiger partial charge in [-0.25, -0.2) is 0 Å². The summed E-state index contributed by atoms with van der Waals surface area (Å²) in [4.78, 5) is 15.5. The number of hydrogen-bond acceptors (Lipinski definition) is 3. The van der Waals surface area contributed by atoms with Crippen LogP contribution in [-0.4, -0.2) is 24.3 Å². The maximum Gasteiger partial charge on any atom is 0.176 e. The highest BCUT2D eigenvalue weighted by Gasteiger charge is 2.10. The van der Waals surface area contributed by atoms with Crippen molar-refractivity contribution in [3.8, 4) is 0 Å². The van der Waals surface area contributed by atoms with Crippen molar-refractivity contribution < 1.29 is 4.79 Å². The lowest BCUT2D eigenvalue weighted by Crippen LogP contribution is -2.25. The van der Waals surface area contributed by atoms with E-state index in [1.165, 1.54) is 4.88 Å². The third-order valence-corrected chi connectivity index (χ3v) is 4.48.